The van der Waals surface area contributed by atoms with E-state index in [2.05, 4.69) is 6.58 Å². The Balaban J connectivity index is 2.91. The molecule has 0 aromatic heterocycles. The summed E-state index contributed by atoms with van der Waals surface area (Å²) in [5.41, 5.74) is 0.331. The molecule has 108 valence electrons. The predicted octanol–water partition coefficient (Wildman–Crippen LogP) is 3.14. The Morgan fingerprint density at radius 2 is 2.00 bits per heavy atom. The molecule has 0 aliphatic rings. The minimum Gasteiger partial charge on any atom is -0.465 e. The fraction of sp³-hybridized carbons (Fsp3) is 0.333. The molecule has 0 saturated carbocycles. The van der Waals surface area contributed by atoms with Crippen molar-refractivity contribution in [1.29, 1.82) is 0 Å². The van der Waals surface area contributed by atoms with Gasteiger partial charge in [0.15, 0.2) is 0 Å². The second-order valence-electron chi connectivity index (χ2n) is 4.35. The molecule has 0 heterocycles. The monoisotopic (exact) mass is 282 g/mol. The zero-order valence-electron chi connectivity index (χ0n) is 11.4. The zero-order chi connectivity index (χ0) is 15.3. The number of halogens is 2. The predicted molar refractivity (Wildman–Crippen MR) is 70.8 cm³/mol. The smallest absolute Gasteiger partial charge is 0.316 e. The van der Waals surface area contributed by atoms with Crippen molar-refractivity contribution in [2.45, 2.75) is 20.3 Å². The van der Waals surface area contributed by atoms with Gasteiger partial charge in [-0.15, -0.1) is 0 Å². The summed E-state index contributed by atoms with van der Waals surface area (Å²) in [6.07, 6.45) is -0.0588. The summed E-state index contributed by atoms with van der Waals surface area (Å²) in [7, 11) is 0. The van der Waals surface area contributed by atoms with E-state index < -0.39 is 23.5 Å². The molecule has 0 amide bonds. The van der Waals surface area contributed by atoms with Gasteiger partial charge in [0.25, 0.3) is 0 Å². The average Bonchev–Trinajstić information content (AvgIpc) is 2.35. The van der Waals surface area contributed by atoms with E-state index in [0.29, 0.717) is 0 Å². The van der Waals surface area contributed by atoms with Crippen LogP contribution in [0, 0.1) is 17.6 Å². The zero-order valence-corrected chi connectivity index (χ0v) is 11.4. The Hall–Kier alpha value is -2.04. The first-order chi connectivity index (χ1) is 9.36. The largest absolute Gasteiger partial charge is 0.465 e. The van der Waals surface area contributed by atoms with Crippen molar-refractivity contribution in [3.05, 3.63) is 42.0 Å². The van der Waals surface area contributed by atoms with Gasteiger partial charge in [-0.2, -0.15) is 0 Å². The average molecular weight is 282 g/mol. The van der Waals surface area contributed by atoms with Crippen LogP contribution in [0.25, 0.3) is 5.57 Å². The van der Waals surface area contributed by atoms with Crippen LogP contribution in [-0.2, 0) is 14.3 Å². The topological polar surface area (TPSA) is 43.4 Å². The Kier molecular flexibility index (Phi) is 5.55. The molecule has 5 heteroatoms. The summed E-state index contributed by atoms with van der Waals surface area (Å²) in [6.45, 7) is 6.70. The third-order valence-corrected chi connectivity index (χ3v) is 2.82. The summed E-state index contributed by atoms with van der Waals surface area (Å²) < 4.78 is 31.2. The first-order valence-electron chi connectivity index (χ1n) is 6.17. The molecule has 1 aromatic rings. The summed E-state index contributed by atoms with van der Waals surface area (Å²) in [5.74, 6) is -3.54. The van der Waals surface area contributed by atoms with Gasteiger partial charge in [0.05, 0.1) is 6.61 Å². The van der Waals surface area contributed by atoms with Crippen LogP contribution in [0.5, 0.6) is 0 Å². The maximum atomic E-state index is 13.6. The first kappa shape index (κ1) is 16.0. The minimum atomic E-state index is -1.02. The number of rotatable bonds is 6. The van der Waals surface area contributed by atoms with Gasteiger partial charge >= 0.3 is 5.97 Å². The van der Waals surface area contributed by atoms with Crippen LogP contribution >= 0.6 is 0 Å². The van der Waals surface area contributed by atoms with Crippen molar-refractivity contribution in [1.82, 2.24) is 0 Å². The third kappa shape index (κ3) is 3.98. The van der Waals surface area contributed by atoms with Gasteiger partial charge < -0.3 is 4.74 Å². The van der Waals surface area contributed by atoms with Crippen LogP contribution in [0.15, 0.2) is 24.8 Å². The summed E-state index contributed by atoms with van der Waals surface area (Å²) >= 11 is 0. The first-order valence-corrected chi connectivity index (χ1v) is 6.17. The van der Waals surface area contributed by atoms with E-state index in [0.717, 1.165) is 12.1 Å². The van der Waals surface area contributed by atoms with Crippen LogP contribution in [0.3, 0.4) is 0 Å². The molecule has 0 N–H and O–H groups in total. The fourth-order valence-corrected chi connectivity index (χ4v) is 1.77. The minimum absolute atomic E-state index is 0.0588. The summed E-state index contributed by atoms with van der Waals surface area (Å²) in [5, 5.41) is 0. The Bertz CT molecular complexity index is 538. The molecular weight excluding hydrogens is 266 g/mol. The molecule has 20 heavy (non-hydrogen) atoms. The molecule has 0 spiro atoms. The van der Waals surface area contributed by atoms with Crippen LogP contribution in [0.2, 0.25) is 0 Å². The molecule has 0 aliphatic carbocycles. The fourth-order valence-electron chi connectivity index (χ4n) is 1.77. The number of carbonyl (C=O) groups excluding carboxylic acids is 2. The molecule has 3 nitrogen and oxygen atoms in total. The second-order valence-corrected chi connectivity index (χ2v) is 4.35. The number of ketones is 1. The van der Waals surface area contributed by atoms with Crippen molar-refractivity contribution in [3.63, 3.8) is 0 Å². The van der Waals surface area contributed by atoms with Gasteiger partial charge in [0, 0.05) is 11.6 Å². The third-order valence-electron chi connectivity index (χ3n) is 2.82. The number of hydrogen-bond donors (Lipinski definition) is 0. The Morgan fingerprint density at radius 1 is 1.35 bits per heavy atom. The van der Waals surface area contributed by atoms with E-state index in [4.69, 9.17) is 4.74 Å². The molecule has 1 unspecified atom stereocenters. The molecular formula is C15H16F2O3. The van der Waals surface area contributed by atoms with Gasteiger partial charge in [0.1, 0.15) is 23.3 Å². The second kappa shape index (κ2) is 6.93. The number of allylic oxidation sites excluding steroid dienone is 1. The highest BCUT2D eigenvalue weighted by molar-refractivity contribution is 5.99. The van der Waals surface area contributed by atoms with Crippen molar-refractivity contribution >= 4 is 17.3 Å². The highest BCUT2D eigenvalue weighted by atomic mass is 19.1. The Morgan fingerprint density at radius 3 is 2.50 bits per heavy atom. The number of benzene rings is 1. The quantitative estimate of drug-likeness (QED) is 0.594. The van der Waals surface area contributed by atoms with Crippen LogP contribution in [0.1, 0.15) is 25.8 Å². The van der Waals surface area contributed by atoms with Gasteiger partial charge in [-0.3, -0.25) is 9.59 Å². The lowest BCUT2D eigenvalue weighted by Gasteiger charge is -2.14. The molecule has 0 bridgehead atoms. The van der Waals surface area contributed by atoms with E-state index in [1.54, 1.807) is 6.92 Å². The lowest BCUT2D eigenvalue weighted by molar-refractivity contribution is -0.150. The van der Waals surface area contributed by atoms with Crippen LogP contribution in [0.4, 0.5) is 8.78 Å². The number of hydrogen-bond acceptors (Lipinski definition) is 3. The molecule has 0 aliphatic heterocycles. The highest BCUT2D eigenvalue weighted by Gasteiger charge is 2.26. The van der Waals surface area contributed by atoms with E-state index in [1.165, 1.54) is 13.0 Å². The van der Waals surface area contributed by atoms with Crippen LogP contribution < -0.4 is 0 Å². The van der Waals surface area contributed by atoms with E-state index >= 15 is 0 Å². The lowest BCUT2D eigenvalue weighted by atomic mass is 9.92. The van der Waals surface area contributed by atoms with Crippen molar-refractivity contribution in [2.75, 3.05) is 6.61 Å². The molecule has 1 rings (SSSR count). The number of ether oxygens (including phenoxy) is 1. The molecule has 0 saturated heterocycles. The van der Waals surface area contributed by atoms with Crippen molar-refractivity contribution < 1.29 is 23.1 Å². The molecule has 1 aromatic carbocycles. The van der Waals surface area contributed by atoms with E-state index in [9.17, 15) is 18.4 Å². The van der Waals surface area contributed by atoms with E-state index in [-0.39, 0.29) is 29.9 Å². The Labute approximate surface area is 116 Å². The number of Topliss-reactive ketones (excluding diaryl/α,β-unsaturated/α-hetero) is 1. The van der Waals surface area contributed by atoms with Crippen molar-refractivity contribution in [3.8, 4) is 0 Å². The number of esters is 1. The molecule has 0 fully saturated rings. The maximum Gasteiger partial charge on any atom is 0.316 e. The van der Waals surface area contributed by atoms with Gasteiger partial charge in [0.2, 0.25) is 0 Å². The van der Waals surface area contributed by atoms with Gasteiger partial charge in [-0.05, 0) is 38.0 Å². The molecule has 0 radical (unpaired) electrons. The molecule has 1 atom stereocenters. The summed E-state index contributed by atoms with van der Waals surface area (Å²) in [6, 6.07) is 3.06. The maximum absolute atomic E-state index is 13.6. The number of carbonyl (C=O) groups is 2. The highest BCUT2D eigenvalue weighted by Crippen LogP contribution is 2.25. The van der Waals surface area contributed by atoms with Crippen LogP contribution in [-0.4, -0.2) is 18.4 Å². The van der Waals surface area contributed by atoms with E-state index in [1.807, 2.05) is 0 Å². The summed E-state index contributed by atoms with van der Waals surface area (Å²) in [4.78, 5) is 23.1. The van der Waals surface area contributed by atoms with Gasteiger partial charge in [-0.1, -0.05) is 6.58 Å². The lowest BCUT2D eigenvalue weighted by Crippen LogP contribution is -2.24. The van der Waals surface area contributed by atoms with Crippen molar-refractivity contribution in [2.24, 2.45) is 5.92 Å². The SMILES string of the molecule is C=C(CC(C(C)=O)C(=O)OCC)c1ccc(F)cc1F. The standard InChI is InChI=1S/C15H16F2O3/c1-4-20-15(19)13(10(3)18)7-9(2)12-6-5-11(16)8-14(12)17/h5-6,8,13H,2,4,7H2,1,3H3. The van der Waals surface area contributed by atoms with Gasteiger partial charge in [-0.25, -0.2) is 8.78 Å². The normalized spacial score (nSPS) is 11.8.